The van der Waals surface area contributed by atoms with Crippen molar-refractivity contribution >= 4 is 11.6 Å². The summed E-state index contributed by atoms with van der Waals surface area (Å²) < 4.78 is 0. The second kappa shape index (κ2) is 6.70. The molecule has 19 heavy (non-hydrogen) atoms. The second-order valence-corrected chi connectivity index (χ2v) is 5.86. The molecule has 3 N–H and O–H groups in total. The molecule has 0 bridgehead atoms. The van der Waals surface area contributed by atoms with Gasteiger partial charge in [-0.3, -0.25) is 0 Å². The third-order valence-electron chi connectivity index (χ3n) is 2.98. The number of nitrogen functional groups attached to an aromatic ring is 1. The van der Waals surface area contributed by atoms with Crippen LogP contribution in [0.15, 0.2) is 0 Å². The van der Waals surface area contributed by atoms with Crippen molar-refractivity contribution in [1.29, 1.82) is 0 Å². The van der Waals surface area contributed by atoms with Gasteiger partial charge in [0.05, 0.1) is 0 Å². The topological polar surface area (TPSA) is 67.1 Å². The highest BCUT2D eigenvalue weighted by atomic mass is 15.1. The van der Waals surface area contributed by atoms with Gasteiger partial charge in [-0.15, -0.1) is 0 Å². The van der Waals surface area contributed by atoms with Gasteiger partial charge in [-0.2, -0.15) is 0 Å². The molecule has 1 heterocycles. The number of nitrogens with zero attached hydrogens (tertiary/aromatic N) is 3. The molecule has 0 aliphatic carbocycles. The van der Waals surface area contributed by atoms with E-state index in [0.717, 1.165) is 24.3 Å². The lowest BCUT2D eigenvalue weighted by molar-refractivity contribution is 0.356. The zero-order valence-electron chi connectivity index (χ0n) is 13.0. The zero-order chi connectivity index (χ0) is 14.6. The molecular formula is C14H27N5. The van der Waals surface area contributed by atoms with Crippen LogP contribution in [-0.4, -0.2) is 41.5 Å². The Kier molecular flexibility index (Phi) is 5.54. The average Bonchev–Trinajstić information content (AvgIpc) is 2.23. The maximum Gasteiger partial charge on any atom is 0.135 e. The highest BCUT2D eigenvalue weighted by Crippen LogP contribution is 2.19. The van der Waals surface area contributed by atoms with Gasteiger partial charge in [0.1, 0.15) is 17.5 Å². The van der Waals surface area contributed by atoms with Crippen LogP contribution in [0.1, 0.15) is 31.7 Å². The van der Waals surface area contributed by atoms with Crippen molar-refractivity contribution in [3.05, 3.63) is 11.4 Å². The molecule has 1 atom stereocenters. The van der Waals surface area contributed by atoms with E-state index in [-0.39, 0.29) is 0 Å². The van der Waals surface area contributed by atoms with E-state index in [1.807, 2.05) is 13.8 Å². The van der Waals surface area contributed by atoms with Crippen LogP contribution in [0.5, 0.6) is 0 Å². The Morgan fingerprint density at radius 2 is 1.84 bits per heavy atom. The summed E-state index contributed by atoms with van der Waals surface area (Å²) in [5, 5.41) is 3.52. The molecule has 0 radical (unpaired) electrons. The molecule has 1 unspecified atom stereocenters. The van der Waals surface area contributed by atoms with Crippen molar-refractivity contribution < 1.29 is 0 Å². The lowest BCUT2D eigenvalue weighted by Gasteiger charge is -2.25. The van der Waals surface area contributed by atoms with Gasteiger partial charge in [0.2, 0.25) is 0 Å². The lowest BCUT2D eigenvalue weighted by Crippen LogP contribution is -2.34. The Labute approximate surface area is 116 Å². The van der Waals surface area contributed by atoms with Gasteiger partial charge in [-0.1, -0.05) is 13.8 Å². The molecule has 0 aliphatic heterocycles. The number of anilines is 2. The standard InChI is InChI=1S/C14H27N5/c1-9(2)7-12(8-19(5)6)18-14-10(3)13(15)16-11(4)17-14/h9,12H,7-8H2,1-6H3,(H3,15,16,17,18). The van der Waals surface area contributed by atoms with E-state index < -0.39 is 0 Å². The molecule has 0 fully saturated rings. The van der Waals surface area contributed by atoms with E-state index in [1.165, 1.54) is 0 Å². The number of nitrogens with one attached hydrogen (secondary N) is 1. The van der Waals surface area contributed by atoms with Crippen molar-refractivity contribution in [1.82, 2.24) is 14.9 Å². The average molecular weight is 265 g/mol. The van der Waals surface area contributed by atoms with Gasteiger partial charge in [-0.25, -0.2) is 9.97 Å². The monoisotopic (exact) mass is 265 g/mol. The summed E-state index contributed by atoms with van der Waals surface area (Å²) in [6.07, 6.45) is 1.10. The Morgan fingerprint density at radius 1 is 1.21 bits per heavy atom. The predicted octanol–water partition coefficient (Wildman–Crippen LogP) is 2.06. The van der Waals surface area contributed by atoms with E-state index >= 15 is 0 Å². The minimum Gasteiger partial charge on any atom is -0.383 e. The second-order valence-electron chi connectivity index (χ2n) is 5.86. The van der Waals surface area contributed by atoms with E-state index in [2.05, 4.69) is 48.1 Å². The Bertz CT molecular complexity index is 405. The molecule has 5 heteroatoms. The first kappa shape index (κ1) is 15.7. The van der Waals surface area contributed by atoms with Crippen LogP contribution >= 0.6 is 0 Å². The van der Waals surface area contributed by atoms with Crippen molar-refractivity contribution in [2.75, 3.05) is 31.7 Å². The summed E-state index contributed by atoms with van der Waals surface area (Å²) in [5.74, 6) is 2.76. The minimum absolute atomic E-state index is 0.363. The van der Waals surface area contributed by atoms with Crippen molar-refractivity contribution in [2.24, 2.45) is 5.92 Å². The third-order valence-corrected chi connectivity index (χ3v) is 2.98. The van der Waals surface area contributed by atoms with E-state index in [1.54, 1.807) is 0 Å². The molecule has 0 saturated carbocycles. The molecule has 108 valence electrons. The normalized spacial score (nSPS) is 13.1. The van der Waals surface area contributed by atoms with Crippen LogP contribution in [0.2, 0.25) is 0 Å². The molecule has 1 rings (SSSR count). The van der Waals surface area contributed by atoms with Gasteiger partial charge in [-0.05, 0) is 40.3 Å². The Hall–Kier alpha value is -1.36. The van der Waals surface area contributed by atoms with Crippen molar-refractivity contribution in [3.8, 4) is 0 Å². The maximum absolute atomic E-state index is 5.90. The SMILES string of the molecule is Cc1nc(N)c(C)c(NC(CC(C)C)CN(C)C)n1. The molecule has 0 aromatic carbocycles. The van der Waals surface area contributed by atoms with E-state index in [0.29, 0.717) is 23.6 Å². The van der Waals surface area contributed by atoms with Gasteiger partial charge in [0.15, 0.2) is 0 Å². The molecule has 1 aromatic rings. The van der Waals surface area contributed by atoms with Crippen LogP contribution in [0.4, 0.5) is 11.6 Å². The first-order valence-electron chi connectivity index (χ1n) is 6.81. The van der Waals surface area contributed by atoms with Crippen LogP contribution < -0.4 is 11.1 Å². The number of aryl methyl sites for hydroxylation is 1. The first-order valence-corrected chi connectivity index (χ1v) is 6.81. The van der Waals surface area contributed by atoms with Gasteiger partial charge in [0, 0.05) is 18.2 Å². The summed E-state index contributed by atoms with van der Waals surface area (Å²) in [6, 6.07) is 0.363. The zero-order valence-corrected chi connectivity index (χ0v) is 13.0. The Balaban J connectivity index is 2.89. The van der Waals surface area contributed by atoms with Crippen molar-refractivity contribution in [2.45, 2.75) is 40.2 Å². The van der Waals surface area contributed by atoms with E-state index in [9.17, 15) is 0 Å². The largest absolute Gasteiger partial charge is 0.383 e. The molecule has 5 nitrogen and oxygen atoms in total. The summed E-state index contributed by atoms with van der Waals surface area (Å²) in [4.78, 5) is 10.8. The van der Waals surface area contributed by atoms with Gasteiger partial charge >= 0.3 is 0 Å². The summed E-state index contributed by atoms with van der Waals surface area (Å²) in [5.41, 5.74) is 6.83. The number of nitrogens with two attached hydrogens (primary N) is 1. The number of rotatable bonds is 6. The molecule has 0 saturated heterocycles. The van der Waals surface area contributed by atoms with Gasteiger partial charge in [0.25, 0.3) is 0 Å². The summed E-state index contributed by atoms with van der Waals surface area (Å²) in [7, 11) is 4.17. The summed E-state index contributed by atoms with van der Waals surface area (Å²) in [6.45, 7) is 9.26. The number of hydrogen-bond donors (Lipinski definition) is 2. The molecule has 0 amide bonds. The first-order chi connectivity index (χ1) is 8.79. The number of likely N-dealkylation sites (N-methyl/N-ethyl adjacent to an activating group) is 1. The number of aromatic nitrogens is 2. The van der Waals surface area contributed by atoms with Crippen molar-refractivity contribution in [3.63, 3.8) is 0 Å². The third kappa shape index (κ3) is 5.03. The smallest absolute Gasteiger partial charge is 0.135 e. The molecule has 1 aromatic heterocycles. The van der Waals surface area contributed by atoms with Crippen LogP contribution in [0.3, 0.4) is 0 Å². The van der Waals surface area contributed by atoms with Crippen LogP contribution in [-0.2, 0) is 0 Å². The van der Waals surface area contributed by atoms with Gasteiger partial charge < -0.3 is 16.0 Å². The number of hydrogen-bond acceptors (Lipinski definition) is 5. The highest BCUT2D eigenvalue weighted by molar-refractivity contribution is 5.55. The predicted molar refractivity (Wildman–Crippen MR) is 81.3 cm³/mol. The fourth-order valence-corrected chi connectivity index (χ4v) is 2.17. The fraction of sp³-hybridized carbons (Fsp3) is 0.714. The molecule has 0 aliphatic rings. The lowest BCUT2D eigenvalue weighted by atomic mass is 10.0. The maximum atomic E-state index is 5.90. The quantitative estimate of drug-likeness (QED) is 0.824. The van der Waals surface area contributed by atoms with Crippen LogP contribution in [0, 0.1) is 19.8 Å². The van der Waals surface area contributed by atoms with E-state index in [4.69, 9.17) is 5.73 Å². The highest BCUT2D eigenvalue weighted by Gasteiger charge is 2.15. The molecular weight excluding hydrogens is 238 g/mol. The summed E-state index contributed by atoms with van der Waals surface area (Å²) >= 11 is 0. The Morgan fingerprint density at radius 3 is 2.37 bits per heavy atom. The van der Waals surface area contributed by atoms with Crippen LogP contribution in [0.25, 0.3) is 0 Å². The fourth-order valence-electron chi connectivity index (χ4n) is 2.17. The minimum atomic E-state index is 0.363. The molecule has 0 spiro atoms.